The predicted octanol–water partition coefficient (Wildman–Crippen LogP) is 1.19. The minimum atomic E-state index is -0.0218. The normalized spacial score (nSPS) is 17.4. The summed E-state index contributed by atoms with van der Waals surface area (Å²) in [4.78, 5) is 13.8. The Balaban J connectivity index is 2.07. The van der Waals surface area contributed by atoms with Crippen molar-refractivity contribution in [2.75, 3.05) is 18.0 Å². The summed E-state index contributed by atoms with van der Waals surface area (Å²) >= 11 is 0. The molecule has 0 unspecified atom stereocenters. The second kappa shape index (κ2) is 4.92. The van der Waals surface area contributed by atoms with Crippen LogP contribution in [0.4, 0.5) is 5.69 Å². The number of nitrogens with zero attached hydrogens (tertiary/aromatic N) is 1. The summed E-state index contributed by atoms with van der Waals surface area (Å²) < 4.78 is 0. The molecule has 17 heavy (non-hydrogen) atoms. The van der Waals surface area contributed by atoms with Crippen molar-refractivity contribution in [1.82, 2.24) is 5.32 Å². The van der Waals surface area contributed by atoms with Crippen LogP contribution in [0.5, 0.6) is 0 Å². The van der Waals surface area contributed by atoms with Crippen molar-refractivity contribution < 1.29 is 4.79 Å². The molecule has 1 aromatic carbocycles. The van der Waals surface area contributed by atoms with Crippen molar-refractivity contribution in [3.63, 3.8) is 0 Å². The first-order chi connectivity index (χ1) is 8.22. The standard InChI is InChI=1S/C14H16N2O/c1-3-8-15-14(17)10-16-11(2)9-12-6-4-5-7-13(12)16/h1,4-7,11H,8-10H2,2H3,(H,15,17)/t11-/m1/s1. The molecule has 0 spiro atoms. The molecule has 1 aliphatic heterocycles. The van der Waals surface area contributed by atoms with Crippen LogP contribution >= 0.6 is 0 Å². The number of benzene rings is 1. The first-order valence-corrected chi connectivity index (χ1v) is 5.77. The number of para-hydroxylation sites is 1. The van der Waals surface area contributed by atoms with Crippen molar-refractivity contribution in [1.29, 1.82) is 0 Å². The molecule has 0 saturated heterocycles. The molecule has 0 aliphatic carbocycles. The van der Waals surface area contributed by atoms with Crippen LogP contribution in [0.25, 0.3) is 0 Å². The summed E-state index contributed by atoms with van der Waals surface area (Å²) in [6.07, 6.45) is 6.11. The van der Waals surface area contributed by atoms with E-state index in [9.17, 15) is 4.79 Å². The Labute approximate surface area is 102 Å². The number of rotatable bonds is 3. The van der Waals surface area contributed by atoms with E-state index >= 15 is 0 Å². The van der Waals surface area contributed by atoms with Gasteiger partial charge in [0.2, 0.25) is 5.91 Å². The molecule has 3 nitrogen and oxygen atoms in total. The van der Waals surface area contributed by atoms with E-state index in [0.717, 1.165) is 12.1 Å². The summed E-state index contributed by atoms with van der Waals surface area (Å²) in [7, 11) is 0. The fourth-order valence-electron chi connectivity index (χ4n) is 2.23. The summed E-state index contributed by atoms with van der Waals surface area (Å²) in [5.41, 5.74) is 2.47. The smallest absolute Gasteiger partial charge is 0.240 e. The first kappa shape index (κ1) is 11.5. The maximum Gasteiger partial charge on any atom is 0.240 e. The van der Waals surface area contributed by atoms with Gasteiger partial charge in [-0.1, -0.05) is 24.1 Å². The fourth-order valence-corrected chi connectivity index (χ4v) is 2.23. The first-order valence-electron chi connectivity index (χ1n) is 5.77. The van der Waals surface area contributed by atoms with Gasteiger partial charge in [0.1, 0.15) is 0 Å². The number of amides is 1. The zero-order valence-electron chi connectivity index (χ0n) is 9.94. The van der Waals surface area contributed by atoms with Crippen LogP contribution in [0.15, 0.2) is 24.3 Å². The van der Waals surface area contributed by atoms with E-state index in [4.69, 9.17) is 6.42 Å². The van der Waals surface area contributed by atoms with Gasteiger partial charge < -0.3 is 10.2 Å². The summed E-state index contributed by atoms with van der Waals surface area (Å²) in [5.74, 6) is 2.38. The van der Waals surface area contributed by atoms with Crippen LogP contribution in [0.3, 0.4) is 0 Å². The van der Waals surface area contributed by atoms with E-state index in [1.165, 1.54) is 5.56 Å². The van der Waals surface area contributed by atoms with E-state index < -0.39 is 0 Å². The third-order valence-corrected chi connectivity index (χ3v) is 3.05. The van der Waals surface area contributed by atoms with Crippen molar-refractivity contribution in [2.24, 2.45) is 0 Å². The number of carbonyl (C=O) groups is 1. The van der Waals surface area contributed by atoms with Gasteiger partial charge in [0, 0.05) is 11.7 Å². The summed E-state index contributed by atoms with van der Waals surface area (Å²) in [5, 5.41) is 2.69. The molecule has 1 amide bonds. The molecule has 1 N–H and O–H groups in total. The number of terminal acetylenes is 1. The Morgan fingerprint density at radius 1 is 1.59 bits per heavy atom. The number of hydrogen-bond donors (Lipinski definition) is 1. The topological polar surface area (TPSA) is 32.3 Å². The number of fused-ring (bicyclic) bond motifs is 1. The Bertz CT molecular complexity index is 462. The third-order valence-electron chi connectivity index (χ3n) is 3.05. The predicted molar refractivity (Wildman–Crippen MR) is 68.8 cm³/mol. The third kappa shape index (κ3) is 2.42. The van der Waals surface area contributed by atoms with Crippen LogP contribution in [0.2, 0.25) is 0 Å². The molecule has 1 atom stereocenters. The SMILES string of the molecule is C#CCNC(=O)CN1c2ccccc2C[C@H]1C. The minimum Gasteiger partial charge on any atom is -0.359 e. The zero-order chi connectivity index (χ0) is 12.3. The molecule has 0 radical (unpaired) electrons. The Hall–Kier alpha value is -1.95. The lowest BCUT2D eigenvalue weighted by Gasteiger charge is -2.23. The lowest BCUT2D eigenvalue weighted by Crippen LogP contribution is -2.40. The highest BCUT2D eigenvalue weighted by Crippen LogP contribution is 2.31. The van der Waals surface area contributed by atoms with Gasteiger partial charge in [-0.15, -0.1) is 6.42 Å². The van der Waals surface area contributed by atoms with Gasteiger partial charge in [0.15, 0.2) is 0 Å². The van der Waals surface area contributed by atoms with Crippen molar-refractivity contribution in [3.05, 3.63) is 29.8 Å². The Kier molecular flexibility index (Phi) is 3.34. The molecule has 0 saturated carbocycles. The van der Waals surface area contributed by atoms with Gasteiger partial charge in [-0.25, -0.2) is 0 Å². The lowest BCUT2D eigenvalue weighted by atomic mass is 10.1. The van der Waals surface area contributed by atoms with Gasteiger partial charge in [-0.05, 0) is 25.0 Å². The largest absolute Gasteiger partial charge is 0.359 e. The molecule has 1 heterocycles. The highest BCUT2D eigenvalue weighted by atomic mass is 16.2. The molecule has 1 aromatic rings. The van der Waals surface area contributed by atoms with Gasteiger partial charge >= 0.3 is 0 Å². The molecule has 2 rings (SSSR count). The molecular formula is C14H16N2O. The second-order valence-corrected chi connectivity index (χ2v) is 4.29. The van der Waals surface area contributed by atoms with Gasteiger partial charge in [-0.2, -0.15) is 0 Å². The minimum absolute atomic E-state index is 0.0218. The van der Waals surface area contributed by atoms with E-state index in [-0.39, 0.29) is 5.91 Å². The zero-order valence-corrected chi connectivity index (χ0v) is 9.94. The second-order valence-electron chi connectivity index (χ2n) is 4.29. The van der Waals surface area contributed by atoms with Crippen molar-refractivity contribution in [3.8, 4) is 12.3 Å². The monoisotopic (exact) mass is 228 g/mol. The molecule has 0 fully saturated rings. The maximum absolute atomic E-state index is 11.7. The number of carbonyl (C=O) groups excluding carboxylic acids is 1. The molecular weight excluding hydrogens is 212 g/mol. The average Bonchev–Trinajstić information content (AvgIpc) is 2.64. The van der Waals surface area contributed by atoms with Gasteiger partial charge in [-0.3, -0.25) is 4.79 Å². The van der Waals surface area contributed by atoms with Crippen molar-refractivity contribution in [2.45, 2.75) is 19.4 Å². The summed E-state index contributed by atoms with van der Waals surface area (Å²) in [6.45, 7) is 2.80. The highest BCUT2D eigenvalue weighted by molar-refractivity contribution is 5.82. The van der Waals surface area contributed by atoms with Crippen molar-refractivity contribution >= 4 is 11.6 Å². The number of anilines is 1. The van der Waals surface area contributed by atoms with E-state index in [2.05, 4.69) is 35.2 Å². The van der Waals surface area contributed by atoms with Gasteiger partial charge in [0.25, 0.3) is 0 Å². The van der Waals surface area contributed by atoms with Gasteiger partial charge in [0.05, 0.1) is 13.1 Å². The number of nitrogens with one attached hydrogen (secondary N) is 1. The van der Waals surface area contributed by atoms with Crippen LogP contribution in [-0.2, 0) is 11.2 Å². The lowest BCUT2D eigenvalue weighted by molar-refractivity contribution is -0.119. The van der Waals surface area contributed by atoms with Crippen LogP contribution < -0.4 is 10.2 Å². The van der Waals surface area contributed by atoms with Crippen LogP contribution in [0.1, 0.15) is 12.5 Å². The molecule has 1 aliphatic rings. The number of hydrogen-bond acceptors (Lipinski definition) is 2. The Morgan fingerprint density at radius 2 is 2.35 bits per heavy atom. The Morgan fingerprint density at radius 3 is 3.12 bits per heavy atom. The molecule has 0 bridgehead atoms. The van der Waals surface area contributed by atoms with E-state index in [0.29, 0.717) is 19.1 Å². The quantitative estimate of drug-likeness (QED) is 0.788. The van der Waals surface area contributed by atoms with E-state index in [1.54, 1.807) is 0 Å². The van der Waals surface area contributed by atoms with Crippen LogP contribution in [0, 0.1) is 12.3 Å². The highest BCUT2D eigenvalue weighted by Gasteiger charge is 2.26. The van der Waals surface area contributed by atoms with E-state index in [1.807, 2.05) is 12.1 Å². The van der Waals surface area contributed by atoms with Crippen LogP contribution in [-0.4, -0.2) is 25.0 Å². The molecule has 3 heteroatoms. The average molecular weight is 228 g/mol. The molecule has 0 aromatic heterocycles. The maximum atomic E-state index is 11.7. The fraction of sp³-hybridized carbons (Fsp3) is 0.357. The summed E-state index contributed by atoms with van der Waals surface area (Å²) in [6, 6.07) is 8.58. The molecule has 88 valence electrons.